The fourth-order valence-corrected chi connectivity index (χ4v) is 0.842. The summed E-state index contributed by atoms with van der Waals surface area (Å²) in [5.41, 5.74) is 0.503. The van der Waals surface area contributed by atoms with Crippen LogP contribution in [0.1, 0.15) is 10.7 Å². The van der Waals surface area contributed by atoms with Crippen LogP contribution in [0.15, 0.2) is 23.2 Å². The van der Waals surface area contributed by atoms with Gasteiger partial charge in [0.2, 0.25) is 5.82 Å². The standard InChI is InChI=1S/C7H4N4O3/c12-7(13)6-10-5(11-14-6)4-1-8-3-9-2-4/h1-3H,(H,12,13). The van der Waals surface area contributed by atoms with Crippen LogP contribution in [0.5, 0.6) is 0 Å². The van der Waals surface area contributed by atoms with Crippen LogP contribution in [0.3, 0.4) is 0 Å². The van der Waals surface area contributed by atoms with E-state index in [2.05, 4.69) is 24.6 Å². The number of hydrogen-bond acceptors (Lipinski definition) is 6. The molecule has 0 radical (unpaired) electrons. The number of carboxylic acids is 1. The third-order valence-corrected chi connectivity index (χ3v) is 1.43. The molecule has 2 rings (SSSR count). The van der Waals surface area contributed by atoms with Crippen molar-refractivity contribution >= 4 is 5.97 Å². The van der Waals surface area contributed by atoms with Crippen LogP contribution >= 0.6 is 0 Å². The Labute approximate surface area is 77.4 Å². The SMILES string of the molecule is O=C(O)c1nc(-c2cncnc2)no1. The zero-order chi connectivity index (χ0) is 9.97. The molecule has 2 heterocycles. The summed E-state index contributed by atoms with van der Waals surface area (Å²) >= 11 is 0. The maximum Gasteiger partial charge on any atom is 0.394 e. The molecule has 70 valence electrons. The fourth-order valence-electron chi connectivity index (χ4n) is 0.842. The first-order valence-electron chi connectivity index (χ1n) is 3.60. The molecule has 2 aromatic heterocycles. The lowest BCUT2D eigenvalue weighted by molar-refractivity contribution is 0.0643. The first-order chi connectivity index (χ1) is 6.77. The van der Waals surface area contributed by atoms with Gasteiger partial charge in [-0.25, -0.2) is 14.8 Å². The Morgan fingerprint density at radius 1 is 1.36 bits per heavy atom. The van der Waals surface area contributed by atoms with Gasteiger partial charge in [-0.3, -0.25) is 0 Å². The van der Waals surface area contributed by atoms with Crippen molar-refractivity contribution in [1.29, 1.82) is 0 Å². The highest BCUT2D eigenvalue weighted by Crippen LogP contribution is 2.12. The molecule has 0 aliphatic carbocycles. The van der Waals surface area contributed by atoms with E-state index >= 15 is 0 Å². The third kappa shape index (κ3) is 1.42. The molecule has 0 saturated carbocycles. The Morgan fingerprint density at radius 3 is 2.64 bits per heavy atom. The van der Waals surface area contributed by atoms with Crippen LogP contribution in [0.2, 0.25) is 0 Å². The van der Waals surface area contributed by atoms with Crippen LogP contribution in [-0.4, -0.2) is 31.2 Å². The van der Waals surface area contributed by atoms with Gasteiger partial charge in [-0.1, -0.05) is 5.16 Å². The highest BCUT2D eigenvalue weighted by molar-refractivity contribution is 5.82. The molecule has 0 atom stereocenters. The predicted octanol–water partition coefficient (Wildman–Crippen LogP) is 0.225. The monoisotopic (exact) mass is 192 g/mol. The van der Waals surface area contributed by atoms with Crippen molar-refractivity contribution in [3.8, 4) is 11.4 Å². The van der Waals surface area contributed by atoms with E-state index in [-0.39, 0.29) is 5.82 Å². The van der Waals surface area contributed by atoms with Crippen molar-refractivity contribution in [3.05, 3.63) is 24.6 Å². The Balaban J connectivity index is 2.39. The van der Waals surface area contributed by atoms with Gasteiger partial charge < -0.3 is 9.63 Å². The van der Waals surface area contributed by atoms with Crippen LogP contribution in [-0.2, 0) is 0 Å². The minimum absolute atomic E-state index is 0.156. The van der Waals surface area contributed by atoms with Gasteiger partial charge >= 0.3 is 11.9 Å². The van der Waals surface area contributed by atoms with Gasteiger partial charge in [0.1, 0.15) is 6.33 Å². The lowest BCUT2D eigenvalue weighted by atomic mass is 10.3. The van der Waals surface area contributed by atoms with E-state index in [1.807, 2.05) is 0 Å². The molecular formula is C7H4N4O3. The maximum absolute atomic E-state index is 10.4. The second kappa shape index (κ2) is 3.21. The topological polar surface area (TPSA) is 102 Å². The molecule has 2 aromatic rings. The van der Waals surface area contributed by atoms with Crippen molar-refractivity contribution in [3.63, 3.8) is 0 Å². The highest BCUT2D eigenvalue weighted by atomic mass is 16.5. The van der Waals surface area contributed by atoms with Gasteiger partial charge in [-0.05, 0) is 0 Å². The fraction of sp³-hybridized carbons (Fsp3) is 0. The number of rotatable bonds is 2. The first-order valence-corrected chi connectivity index (χ1v) is 3.60. The van der Waals surface area contributed by atoms with Crippen molar-refractivity contribution in [1.82, 2.24) is 20.1 Å². The Kier molecular flexibility index (Phi) is 1.90. The summed E-state index contributed by atoms with van der Waals surface area (Å²) in [6.45, 7) is 0. The van der Waals surface area contributed by atoms with E-state index in [1.54, 1.807) is 0 Å². The molecular weight excluding hydrogens is 188 g/mol. The first kappa shape index (κ1) is 8.30. The average Bonchev–Trinajstić information content (AvgIpc) is 2.68. The summed E-state index contributed by atoms with van der Waals surface area (Å²) in [5.74, 6) is -1.56. The number of carboxylic acid groups (broad SMARTS) is 1. The van der Waals surface area contributed by atoms with Gasteiger partial charge in [-0.15, -0.1) is 0 Å². The Hall–Kier alpha value is -2.31. The molecule has 1 N–H and O–H groups in total. The number of carbonyl (C=O) groups is 1. The maximum atomic E-state index is 10.4. The van der Waals surface area contributed by atoms with E-state index in [4.69, 9.17) is 5.11 Å². The van der Waals surface area contributed by atoms with Gasteiger partial charge in [-0.2, -0.15) is 4.98 Å². The molecule has 0 fully saturated rings. The summed E-state index contributed by atoms with van der Waals surface area (Å²) in [7, 11) is 0. The lowest BCUT2D eigenvalue weighted by Gasteiger charge is -1.88. The zero-order valence-corrected chi connectivity index (χ0v) is 6.78. The molecule has 0 aliphatic rings. The van der Waals surface area contributed by atoms with Crippen molar-refractivity contribution in [2.45, 2.75) is 0 Å². The molecule has 0 amide bonds. The Bertz CT molecular complexity index is 453. The average molecular weight is 192 g/mol. The molecule has 0 aliphatic heterocycles. The number of nitrogens with zero attached hydrogens (tertiary/aromatic N) is 4. The molecule has 0 aromatic carbocycles. The van der Waals surface area contributed by atoms with E-state index in [9.17, 15) is 4.79 Å². The lowest BCUT2D eigenvalue weighted by Crippen LogP contribution is -1.95. The zero-order valence-electron chi connectivity index (χ0n) is 6.78. The van der Waals surface area contributed by atoms with Crippen molar-refractivity contribution < 1.29 is 14.4 Å². The molecule has 0 spiro atoms. The predicted molar refractivity (Wildman–Crippen MR) is 42.3 cm³/mol. The number of hydrogen-bond donors (Lipinski definition) is 1. The summed E-state index contributed by atoms with van der Waals surface area (Å²) in [5, 5.41) is 12.0. The summed E-state index contributed by atoms with van der Waals surface area (Å²) in [6.07, 6.45) is 4.27. The van der Waals surface area contributed by atoms with E-state index in [0.717, 1.165) is 0 Å². The van der Waals surface area contributed by atoms with Crippen LogP contribution in [0, 0.1) is 0 Å². The third-order valence-electron chi connectivity index (χ3n) is 1.43. The van der Waals surface area contributed by atoms with Crippen LogP contribution in [0.4, 0.5) is 0 Å². The van der Waals surface area contributed by atoms with Gasteiger partial charge in [0.05, 0.1) is 5.56 Å². The van der Waals surface area contributed by atoms with Gasteiger partial charge in [0.25, 0.3) is 0 Å². The minimum atomic E-state index is -1.26. The summed E-state index contributed by atoms with van der Waals surface area (Å²) < 4.78 is 4.46. The smallest absolute Gasteiger partial charge is 0.394 e. The van der Waals surface area contributed by atoms with Gasteiger partial charge in [0, 0.05) is 12.4 Å². The van der Waals surface area contributed by atoms with E-state index < -0.39 is 11.9 Å². The second-order valence-electron chi connectivity index (χ2n) is 2.36. The largest absolute Gasteiger partial charge is 0.474 e. The molecule has 0 bridgehead atoms. The van der Waals surface area contributed by atoms with E-state index in [0.29, 0.717) is 5.56 Å². The molecule has 7 heteroatoms. The normalized spacial score (nSPS) is 10.0. The van der Waals surface area contributed by atoms with Gasteiger partial charge in [0.15, 0.2) is 0 Å². The van der Waals surface area contributed by atoms with Crippen molar-refractivity contribution in [2.24, 2.45) is 0 Å². The quantitative estimate of drug-likeness (QED) is 0.726. The second-order valence-corrected chi connectivity index (χ2v) is 2.36. The molecule has 0 saturated heterocycles. The molecule has 14 heavy (non-hydrogen) atoms. The van der Waals surface area contributed by atoms with E-state index in [1.165, 1.54) is 18.7 Å². The summed E-state index contributed by atoms with van der Waals surface area (Å²) in [6, 6.07) is 0. The molecule has 0 unspecified atom stereocenters. The van der Waals surface area contributed by atoms with Crippen LogP contribution < -0.4 is 0 Å². The highest BCUT2D eigenvalue weighted by Gasteiger charge is 2.14. The van der Waals surface area contributed by atoms with Crippen LogP contribution in [0.25, 0.3) is 11.4 Å². The molecule has 7 nitrogen and oxygen atoms in total. The summed E-state index contributed by atoms with van der Waals surface area (Å²) in [4.78, 5) is 21.5. The van der Waals surface area contributed by atoms with Crippen molar-refractivity contribution in [2.75, 3.05) is 0 Å². The number of aromatic carboxylic acids is 1. The number of aromatic nitrogens is 4. The Morgan fingerprint density at radius 2 is 2.07 bits per heavy atom. The minimum Gasteiger partial charge on any atom is -0.474 e.